The van der Waals surface area contributed by atoms with E-state index in [1.807, 2.05) is 97.1 Å². The van der Waals surface area contributed by atoms with E-state index in [2.05, 4.69) is 0 Å². The largest absolute Gasteiger partial charge is 0.489 e. The summed E-state index contributed by atoms with van der Waals surface area (Å²) in [4.78, 5) is 0. The molecule has 0 radical (unpaired) electrons. The zero-order valence-electron chi connectivity index (χ0n) is 17.5. The van der Waals surface area contributed by atoms with E-state index in [4.69, 9.17) is 14.2 Å². The first kappa shape index (κ1) is 21.3. The minimum atomic E-state index is -0.786. The predicted molar refractivity (Wildman–Crippen MR) is 121 cm³/mol. The first-order valence-corrected chi connectivity index (χ1v) is 10.7. The molecule has 3 atom stereocenters. The fourth-order valence-corrected chi connectivity index (χ4v) is 3.67. The second-order valence-electron chi connectivity index (χ2n) is 7.71. The number of hydrogen-bond donors (Lipinski definition) is 1. The van der Waals surface area contributed by atoms with Crippen LogP contribution in [-0.4, -0.2) is 30.0 Å². The van der Waals surface area contributed by atoms with E-state index in [0.29, 0.717) is 19.6 Å². The minimum absolute atomic E-state index is 0.184. The van der Waals surface area contributed by atoms with Crippen molar-refractivity contribution in [3.8, 4) is 0 Å². The molecule has 0 saturated carbocycles. The summed E-state index contributed by atoms with van der Waals surface area (Å²) in [7, 11) is 0. The molecule has 0 aliphatic carbocycles. The number of benzene rings is 3. The summed E-state index contributed by atoms with van der Waals surface area (Å²) in [5.74, 6) is 0.816. The zero-order valence-corrected chi connectivity index (χ0v) is 17.5. The summed E-state index contributed by atoms with van der Waals surface area (Å²) in [5.41, 5.74) is 3.23. The van der Waals surface area contributed by atoms with Gasteiger partial charge in [-0.1, -0.05) is 91.0 Å². The van der Waals surface area contributed by atoms with Crippen molar-refractivity contribution in [3.63, 3.8) is 0 Å². The van der Waals surface area contributed by atoms with E-state index in [1.54, 1.807) is 0 Å². The number of rotatable bonds is 9. The molecule has 1 N–H and O–H groups in total. The third kappa shape index (κ3) is 6.28. The molecule has 1 fully saturated rings. The Hall–Kier alpha value is -2.92. The predicted octanol–water partition coefficient (Wildman–Crippen LogP) is 4.98. The Balaban J connectivity index is 1.40. The monoisotopic (exact) mass is 416 g/mol. The van der Waals surface area contributed by atoms with E-state index in [1.165, 1.54) is 0 Å². The SMILES string of the molecule is O[C@H](COCc1ccccc1)[C@@H]1O/C(=C/c2ccccc2)C[C@H]1OCc1ccccc1. The lowest BCUT2D eigenvalue weighted by Gasteiger charge is -2.23. The summed E-state index contributed by atoms with van der Waals surface area (Å²) < 4.78 is 18.1. The summed E-state index contributed by atoms with van der Waals surface area (Å²) in [5, 5.41) is 10.8. The molecule has 0 spiro atoms. The number of ether oxygens (including phenoxy) is 3. The van der Waals surface area contributed by atoms with Crippen LogP contribution in [0, 0.1) is 0 Å². The van der Waals surface area contributed by atoms with E-state index in [-0.39, 0.29) is 12.7 Å². The van der Waals surface area contributed by atoms with Crippen LogP contribution in [0.2, 0.25) is 0 Å². The third-order valence-electron chi connectivity index (χ3n) is 5.27. The molecule has 3 aromatic rings. The van der Waals surface area contributed by atoms with E-state index in [0.717, 1.165) is 22.4 Å². The van der Waals surface area contributed by atoms with Gasteiger partial charge < -0.3 is 19.3 Å². The van der Waals surface area contributed by atoms with Crippen molar-refractivity contribution in [3.05, 3.63) is 113 Å². The van der Waals surface area contributed by atoms with Crippen LogP contribution in [0.5, 0.6) is 0 Å². The topological polar surface area (TPSA) is 47.9 Å². The Morgan fingerprint density at radius 3 is 2.06 bits per heavy atom. The van der Waals surface area contributed by atoms with Crippen LogP contribution < -0.4 is 0 Å². The van der Waals surface area contributed by atoms with E-state index in [9.17, 15) is 5.11 Å². The fourth-order valence-electron chi connectivity index (χ4n) is 3.67. The molecular weight excluding hydrogens is 388 g/mol. The van der Waals surface area contributed by atoms with Gasteiger partial charge in [0.2, 0.25) is 0 Å². The standard InChI is InChI=1S/C27H28O4/c28-25(20-29-18-22-12-6-2-7-13-22)27-26(30-19-23-14-8-3-9-15-23)17-24(31-27)16-21-10-4-1-5-11-21/h1-16,25-28H,17-20H2/b24-16+/t25-,26-,27+/m1/s1. The van der Waals surface area contributed by atoms with Gasteiger partial charge in [-0.3, -0.25) is 0 Å². The van der Waals surface area contributed by atoms with Gasteiger partial charge in [0, 0.05) is 6.42 Å². The van der Waals surface area contributed by atoms with Gasteiger partial charge in [-0.2, -0.15) is 0 Å². The Labute approximate surface area is 183 Å². The van der Waals surface area contributed by atoms with Crippen LogP contribution in [0.4, 0.5) is 0 Å². The molecule has 3 aromatic carbocycles. The Kier molecular flexibility index (Phi) is 7.51. The molecular formula is C27H28O4. The van der Waals surface area contributed by atoms with Gasteiger partial charge in [-0.25, -0.2) is 0 Å². The van der Waals surface area contributed by atoms with Gasteiger partial charge >= 0.3 is 0 Å². The Bertz CT molecular complexity index is 941. The third-order valence-corrected chi connectivity index (χ3v) is 5.27. The second-order valence-corrected chi connectivity index (χ2v) is 7.71. The van der Waals surface area contributed by atoms with Crippen molar-refractivity contribution >= 4 is 6.08 Å². The highest BCUT2D eigenvalue weighted by atomic mass is 16.6. The van der Waals surface area contributed by atoms with Crippen molar-refractivity contribution in [1.29, 1.82) is 0 Å². The van der Waals surface area contributed by atoms with Gasteiger partial charge in [0.1, 0.15) is 12.2 Å². The first-order valence-electron chi connectivity index (χ1n) is 10.7. The normalized spacial score (nSPS) is 20.5. The first-order chi connectivity index (χ1) is 15.3. The molecule has 4 rings (SSSR count). The van der Waals surface area contributed by atoms with E-state index < -0.39 is 12.2 Å². The maximum atomic E-state index is 10.8. The highest BCUT2D eigenvalue weighted by Crippen LogP contribution is 2.31. The van der Waals surface area contributed by atoms with E-state index >= 15 is 0 Å². The van der Waals surface area contributed by atoms with Gasteiger partial charge in [-0.15, -0.1) is 0 Å². The summed E-state index contributed by atoms with van der Waals surface area (Å²) in [6, 6.07) is 30.0. The molecule has 0 bridgehead atoms. The van der Waals surface area contributed by atoms with Crippen molar-refractivity contribution in [1.82, 2.24) is 0 Å². The highest BCUT2D eigenvalue weighted by molar-refractivity contribution is 5.51. The molecule has 1 aliphatic heterocycles. The molecule has 4 nitrogen and oxygen atoms in total. The Morgan fingerprint density at radius 2 is 1.42 bits per heavy atom. The quantitative estimate of drug-likeness (QED) is 0.534. The summed E-state index contributed by atoms with van der Waals surface area (Å²) in [6.07, 6.45) is 1.12. The van der Waals surface area contributed by atoms with Crippen LogP contribution in [0.3, 0.4) is 0 Å². The van der Waals surface area contributed by atoms with Crippen molar-refractivity contribution in [2.24, 2.45) is 0 Å². The van der Waals surface area contributed by atoms with Gasteiger partial charge in [0.05, 0.1) is 25.6 Å². The Morgan fingerprint density at radius 1 is 0.839 bits per heavy atom. The van der Waals surface area contributed by atoms with Crippen molar-refractivity contribution in [2.45, 2.75) is 37.9 Å². The fraction of sp³-hybridized carbons (Fsp3) is 0.259. The molecule has 160 valence electrons. The lowest BCUT2D eigenvalue weighted by atomic mass is 10.1. The molecule has 0 unspecified atom stereocenters. The number of hydrogen-bond acceptors (Lipinski definition) is 4. The minimum Gasteiger partial charge on any atom is -0.489 e. The van der Waals surface area contributed by atoms with Gasteiger partial charge in [0.15, 0.2) is 6.10 Å². The molecule has 1 saturated heterocycles. The van der Waals surface area contributed by atoms with Crippen molar-refractivity contribution < 1.29 is 19.3 Å². The van der Waals surface area contributed by atoms with Gasteiger partial charge in [0.25, 0.3) is 0 Å². The highest BCUT2D eigenvalue weighted by Gasteiger charge is 2.38. The second kappa shape index (κ2) is 10.9. The number of aliphatic hydroxyl groups is 1. The summed E-state index contributed by atoms with van der Waals surface area (Å²) >= 11 is 0. The maximum Gasteiger partial charge on any atom is 0.153 e. The molecule has 4 heteroatoms. The zero-order chi connectivity index (χ0) is 21.3. The lowest BCUT2D eigenvalue weighted by Crippen LogP contribution is -2.38. The average Bonchev–Trinajstić information content (AvgIpc) is 3.22. The maximum absolute atomic E-state index is 10.8. The van der Waals surface area contributed by atoms with Crippen LogP contribution in [0.1, 0.15) is 23.1 Å². The van der Waals surface area contributed by atoms with Crippen LogP contribution in [0.25, 0.3) is 6.08 Å². The smallest absolute Gasteiger partial charge is 0.153 e. The van der Waals surface area contributed by atoms with Crippen molar-refractivity contribution in [2.75, 3.05) is 6.61 Å². The molecule has 0 amide bonds. The lowest BCUT2D eigenvalue weighted by molar-refractivity contribution is -0.0929. The van der Waals surface area contributed by atoms with Crippen LogP contribution >= 0.6 is 0 Å². The average molecular weight is 417 g/mol. The van der Waals surface area contributed by atoms with Gasteiger partial charge in [-0.05, 0) is 22.8 Å². The summed E-state index contributed by atoms with van der Waals surface area (Å²) in [6.45, 7) is 1.11. The molecule has 1 heterocycles. The van der Waals surface area contributed by atoms with Crippen LogP contribution in [-0.2, 0) is 27.4 Å². The molecule has 31 heavy (non-hydrogen) atoms. The van der Waals surface area contributed by atoms with Crippen LogP contribution in [0.15, 0.2) is 96.8 Å². The molecule has 0 aromatic heterocycles. The number of aliphatic hydroxyl groups excluding tert-OH is 1. The molecule has 1 aliphatic rings.